The van der Waals surface area contributed by atoms with Crippen LogP contribution in [0.3, 0.4) is 0 Å². The fourth-order valence-electron chi connectivity index (χ4n) is 2.63. The van der Waals surface area contributed by atoms with Crippen molar-refractivity contribution in [3.8, 4) is 0 Å². The molecule has 20 heavy (non-hydrogen) atoms. The lowest BCUT2D eigenvalue weighted by molar-refractivity contribution is 0.0957. The fraction of sp³-hybridized carbons (Fsp3) is 0.846. The smallest absolute Gasteiger partial charge is 0.235 e. The summed E-state index contributed by atoms with van der Waals surface area (Å²) in [6.45, 7) is 7.15. The van der Waals surface area contributed by atoms with Crippen LogP contribution in [0.1, 0.15) is 19.8 Å². The van der Waals surface area contributed by atoms with Gasteiger partial charge in [-0.25, -0.2) is 14.8 Å². The van der Waals surface area contributed by atoms with Gasteiger partial charge in [0.2, 0.25) is 5.82 Å². The van der Waals surface area contributed by atoms with Crippen molar-refractivity contribution in [1.29, 1.82) is 0 Å². The summed E-state index contributed by atoms with van der Waals surface area (Å²) in [7, 11) is 1.76. The van der Waals surface area contributed by atoms with Gasteiger partial charge < -0.3 is 9.64 Å². The number of rotatable bonds is 6. The van der Waals surface area contributed by atoms with Crippen LogP contribution in [-0.4, -0.2) is 67.3 Å². The highest BCUT2D eigenvalue weighted by Gasteiger charge is 2.25. The van der Waals surface area contributed by atoms with E-state index in [1.165, 1.54) is 12.8 Å². The third-order valence-electron chi connectivity index (χ3n) is 3.87. The van der Waals surface area contributed by atoms with Gasteiger partial charge >= 0.3 is 0 Å². The molecule has 7 nitrogen and oxygen atoms in total. The molecule has 2 heterocycles. The second-order valence-corrected chi connectivity index (χ2v) is 5.18. The van der Waals surface area contributed by atoms with E-state index in [-0.39, 0.29) is 0 Å². The van der Waals surface area contributed by atoms with Crippen LogP contribution >= 0.6 is 0 Å². The number of hydrogen-bond acceptors (Lipinski definition) is 7. The van der Waals surface area contributed by atoms with Gasteiger partial charge in [-0.3, -0.25) is 0 Å². The maximum Gasteiger partial charge on any atom is 0.235 e. The minimum Gasteiger partial charge on any atom is -0.384 e. The number of carbonyl (C=O) groups excluding carboxylic acids is 1. The molecule has 0 aromatic carbocycles. The first-order chi connectivity index (χ1) is 9.78. The molecule has 0 spiro atoms. The van der Waals surface area contributed by atoms with Gasteiger partial charge in [-0.2, -0.15) is 0 Å². The molecule has 0 aromatic rings. The summed E-state index contributed by atoms with van der Waals surface area (Å²) in [6.07, 6.45) is 2.35. The molecule has 0 radical (unpaired) electrons. The van der Waals surface area contributed by atoms with Gasteiger partial charge in [0.1, 0.15) is 0 Å². The van der Waals surface area contributed by atoms with Crippen LogP contribution in [0.25, 0.3) is 0 Å². The van der Waals surface area contributed by atoms with Crippen molar-refractivity contribution in [3.05, 3.63) is 5.82 Å². The zero-order chi connectivity index (χ0) is 14.4. The molecule has 7 heteroatoms. The van der Waals surface area contributed by atoms with Crippen LogP contribution in [-0.2, 0) is 9.53 Å². The number of piperidine rings is 1. The highest BCUT2D eigenvalue weighted by atomic mass is 16.5. The normalized spacial score (nSPS) is 20.8. The Morgan fingerprint density at radius 2 is 1.95 bits per heavy atom. The summed E-state index contributed by atoms with van der Waals surface area (Å²) < 4.78 is 5.20. The molecule has 0 unspecified atom stereocenters. The van der Waals surface area contributed by atoms with Crippen LogP contribution in [0.15, 0.2) is 16.3 Å². The Morgan fingerprint density at radius 3 is 2.55 bits per heavy atom. The predicted octanol–water partition coefficient (Wildman–Crippen LogP) is 0.937. The van der Waals surface area contributed by atoms with Crippen molar-refractivity contribution in [2.45, 2.75) is 19.8 Å². The first-order valence-corrected chi connectivity index (χ1v) is 7.21. The summed E-state index contributed by atoms with van der Waals surface area (Å²) in [5, 5.41) is 11.1. The molecule has 1 fully saturated rings. The molecule has 2 rings (SSSR count). The van der Waals surface area contributed by atoms with E-state index in [0.717, 1.165) is 26.2 Å². The van der Waals surface area contributed by atoms with Crippen LogP contribution in [0.5, 0.6) is 0 Å². The molecule has 0 N–H and O–H groups in total. The summed E-state index contributed by atoms with van der Waals surface area (Å²) in [4.78, 5) is 13.4. The zero-order valence-corrected chi connectivity index (χ0v) is 12.3. The number of hydrogen-bond donors (Lipinski definition) is 0. The summed E-state index contributed by atoms with van der Waals surface area (Å²) in [6, 6.07) is 0. The molecule has 0 amide bonds. The Labute approximate surface area is 119 Å². The van der Waals surface area contributed by atoms with Gasteiger partial charge in [0.25, 0.3) is 0 Å². The van der Waals surface area contributed by atoms with E-state index in [4.69, 9.17) is 4.74 Å². The quantitative estimate of drug-likeness (QED) is 0.678. The van der Waals surface area contributed by atoms with Crippen LogP contribution in [0.2, 0.25) is 0 Å². The average molecular weight is 281 g/mol. The van der Waals surface area contributed by atoms with Crippen molar-refractivity contribution in [2.75, 3.05) is 46.4 Å². The van der Waals surface area contributed by atoms with Gasteiger partial charge in [-0.15, -0.1) is 0 Å². The standard InChI is InChI=1S/C13H23N5O2/c1-3-17-13(10-19)18(15-14-17)9-8-16-6-4-12(5-7-16)11-20-2/h12H,3-9,11H2,1-2H3. The van der Waals surface area contributed by atoms with Gasteiger partial charge in [0.15, 0.2) is 5.94 Å². The lowest BCUT2D eigenvalue weighted by atomic mass is 9.98. The molecular formula is C13H23N5O2. The maximum atomic E-state index is 11.0. The van der Waals surface area contributed by atoms with Crippen molar-refractivity contribution in [2.24, 2.45) is 16.4 Å². The Balaban J connectivity index is 1.74. The Bertz CT molecular complexity index is 386. The minimum absolute atomic E-state index is 0.418. The molecule has 2 aliphatic heterocycles. The van der Waals surface area contributed by atoms with Crippen LogP contribution in [0.4, 0.5) is 0 Å². The van der Waals surface area contributed by atoms with Crippen LogP contribution < -0.4 is 0 Å². The highest BCUT2D eigenvalue weighted by Crippen LogP contribution is 2.19. The first-order valence-electron chi connectivity index (χ1n) is 7.21. The molecule has 112 valence electrons. The monoisotopic (exact) mass is 281 g/mol. The van der Waals surface area contributed by atoms with Crippen molar-refractivity contribution in [3.63, 3.8) is 0 Å². The molecule has 2 aliphatic rings. The first kappa shape index (κ1) is 15.0. The summed E-state index contributed by atoms with van der Waals surface area (Å²) in [5.74, 6) is 3.02. The van der Waals surface area contributed by atoms with E-state index in [0.29, 0.717) is 24.8 Å². The van der Waals surface area contributed by atoms with E-state index < -0.39 is 0 Å². The Hall–Kier alpha value is -1.43. The highest BCUT2D eigenvalue weighted by molar-refractivity contribution is 5.50. The number of likely N-dealkylation sites (tertiary alicyclic amines) is 1. The lowest BCUT2D eigenvalue weighted by Gasteiger charge is -2.32. The van der Waals surface area contributed by atoms with E-state index in [9.17, 15) is 4.79 Å². The van der Waals surface area contributed by atoms with Crippen LogP contribution in [0, 0.1) is 5.92 Å². The summed E-state index contributed by atoms with van der Waals surface area (Å²) in [5.41, 5.74) is 0. The van der Waals surface area contributed by atoms with E-state index >= 15 is 0 Å². The zero-order valence-electron chi connectivity index (χ0n) is 12.3. The average Bonchev–Trinajstić information content (AvgIpc) is 2.89. The molecule has 0 bridgehead atoms. The number of ether oxygens (including phenoxy) is 1. The van der Waals surface area contributed by atoms with Gasteiger partial charge in [-0.1, -0.05) is 0 Å². The summed E-state index contributed by atoms with van der Waals surface area (Å²) >= 11 is 0. The van der Waals surface area contributed by atoms with Crippen molar-refractivity contribution < 1.29 is 9.53 Å². The molecule has 0 aromatic heterocycles. The SMILES string of the molecule is CCN1N=NN(CCN2CCC(COC)CC2)C1=C=O. The number of nitrogens with zero attached hydrogens (tertiary/aromatic N) is 5. The lowest BCUT2D eigenvalue weighted by Crippen LogP contribution is -2.39. The van der Waals surface area contributed by atoms with E-state index in [2.05, 4.69) is 15.3 Å². The maximum absolute atomic E-state index is 11.0. The van der Waals surface area contributed by atoms with Gasteiger partial charge in [0.05, 0.1) is 6.54 Å². The second-order valence-electron chi connectivity index (χ2n) is 5.18. The van der Waals surface area contributed by atoms with Gasteiger partial charge in [0, 0.05) is 26.8 Å². The third kappa shape index (κ3) is 3.56. The van der Waals surface area contributed by atoms with E-state index in [1.54, 1.807) is 17.1 Å². The Morgan fingerprint density at radius 1 is 1.25 bits per heavy atom. The topological polar surface area (TPSA) is 60.7 Å². The van der Waals surface area contributed by atoms with Crippen molar-refractivity contribution >= 4 is 5.94 Å². The largest absolute Gasteiger partial charge is 0.384 e. The van der Waals surface area contributed by atoms with Gasteiger partial charge in [-0.05, 0) is 49.2 Å². The third-order valence-corrected chi connectivity index (χ3v) is 3.87. The molecule has 0 aliphatic carbocycles. The minimum atomic E-state index is 0.418. The predicted molar refractivity (Wildman–Crippen MR) is 74.2 cm³/mol. The number of methoxy groups -OCH3 is 1. The van der Waals surface area contributed by atoms with Crippen molar-refractivity contribution in [1.82, 2.24) is 14.9 Å². The van der Waals surface area contributed by atoms with E-state index in [1.807, 2.05) is 12.9 Å². The fourth-order valence-corrected chi connectivity index (χ4v) is 2.63. The Kier molecular flexibility index (Phi) is 5.52. The molecule has 1 saturated heterocycles. The molecule has 0 atom stereocenters. The molecule has 0 saturated carbocycles. The second kappa shape index (κ2) is 7.38. The molecular weight excluding hydrogens is 258 g/mol.